The van der Waals surface area contributed by atoms with Gasteiger partial charge in [0.2, 0.25) is 0 Å². The summed E-state index contributed by atoms with van der Waals surface area (Å²) in [7, 11) is 1.85. The molecule has 2 atom stereocenters. The molecule has 0 spiro atoms. The van der Waals surface area contributed by atoms with E-state index in [1.54, 1.807) is 21.6 Å². The van der Waals surface area contributed by atoms with Gasteiger partial charge in [-0.25, -0.2) is 14.6 Å². The van der Waals surface area contributed by atoms with Crippen LogP contribution in [0.25, 0.3) is 16.8 Å². The number of rotatable bonds is 4. The minimum absolute atomic E-state index is 0.0499. The van der Waals surface area contributed by atoms with Crippen molar-refractivity contribution in [2.45, 2.75) is 90.9 Å². The van der Waals surface area contributed by atoms with Gasteiger partial charge in [0.15, 0.2) is 5.65 Å². The summed E-state index contributed by atoms with van der Waals surface area (Å²) in [5.41, 5.74) is 1.76. The van der Waals surface area contributed by atoms with Crippen molar-refractivity contribution in [3.63, 3.8) is 0 Å². The van der Waals surface area contributed by atoms with Crippen molar-refractivity contribution in [3.05, 3.63) is 30.4 Å². The Bertz CT molecular complexity index is 1320. The van der Waals surface area contributed by atoms with E-state index in [0.29, 0.717) is 18.0 Å². The van der Waals surface area contributed by atoms with Crippen molar-refractivity contribution >= 4 is 23.7 Å². The number of aromatic nitrogens is 5. The molecule has 1 saturated heterocycles. The van der Waals surface area contributed by atoms with Gasteiger partial charge in [-0.2, -0.15) is 14.7 Å². The molecule has 206 valence electrons. The molecule has 0 radical (unpaired) electrons. The van der Waals surface area contributed by atoms with Gasteiger partial charge in [-0.05, 0) is 60.8 Å². The van der Waals surface area contributed by atoms with E-state index < -0.39 is 17.3 Å². The van der Waals surface area contributed by atoms with Gasteiger partial charge in [0.05, 0.1) is 18.1 Å². The van der Waals surface area contributed by atoms with Crippen LogP contribution in [0, 0.1) is 0 Å². The Hall–Kier alpha value is -3.63. The summed E-state index contributed by atoms with van der Waals surface area (Å²) in [6.07, 6.45) is 6.98. The molecule has 4 rings (SSSR count). The van der Waals surface area contributed by atoms with Crippen LogP contribution in [-0.2, 0) is 16.5 Å². The number of fused-ring (bicyclic) bond motifs is 1. The molecule has 1 aliphatic heterocycles. The number of aryl methyl sites for hydroxylation is 1. The van der Waals surface area contributed by atoms with Gasteiger partial charge in [-0.3, -0.25) is 10.00 Å². The van der Waals surface area contributed by atoms with Crippen LogP contribution >= 0.6 is 0 Å². The molecule has 11 nitrogen and oxygen atoms in total. The summed E-state index contributed by atoms with van der Waals surface area (Å²) >= 11 is 0. The van der Waals surface area contributed by atoms with E-state index in [-0.39, 0.29) is 18.1 Å². The lowest BCUT2D eigenvalue weighted by Gasteiger charge is -2.39. The van der Waals surface area contributed by atoms with Crippen molar-refractivity contribution in [2.24, 2.45) is 7.05 Å². The highest BCUT2D eigenvalue weighted by atomic mass is 16.6. The standard InChI is InChI=1S/C27H39N7O4/c1-9-19-11-10-17(16-33(19)25(36)38-27(5,6)7)21-12-22(31-24(35)37-26(2,3)4)34-23(30-21)20(14-29-34)18-13-28-32(8)15-18/h12-15,17,19H,9-11,16H2,1-8H3,(H,31,35)/t17-,19+/m0/s1. The third-order valence-corrected chi connectivity index (χ3v) is 6.36. The molecule has 4 heterocycles. The quantitative estimate of drug-likeness (QED) is 0.487. The van der Waals surface area contributed by atoms with Gasteiger partial charge in [0.25, 0.3) is 0 Å². The molecule has 0 aromatic carbocycles. The number of hydrogen-bond donors (Lipinski definition) is 1. The molecule has 2 amide bonds. The van der Waals surface area contributed by atoms with E-state index >= 15 is 0 Å². The zero-order valence-corrected chi connectivity index (χ0v) is 23.6. The molecular formula is C27H39N7O4. The van der Waals surface area contributed by atoms with Gasteiger partial charge in [-0.15, -0.1) is 0 Å². The van der Waals surface area contributed by atoms with Crippen molar-refractivity contribution in [2.75, 3.05) is 11.9 Å². The Morgan fingerprint density at radius 2 is 1.76 bits per heavy atom. The Kier molecular flexibility index (Phi) is 7.40. The molecule has 0 bridgehead atoms. The first-order chi connectivity index (χ1) is 17.7. The smallest absolute Gasteiger partial charge is 0.413 e. The largest absolute Gasteiger partial charge is 0.444 e. The summed E-state index contributed by atoms with van der Waals surface area (Å²) in [6, 6.07) is 1.92. The van der Waals surface area contributed by atoms with Gasteiger partial charge >= 0.3 is 12.2 Å². The lowest BCUT2D eigenvalue weighted by atomic mass is 9.89. The number of carbonyl (C=O) groups excluding carboxylic acids is 2. The fraction of sp³-hybridized carbons (Fsp3) is 0.593. The maximum atomic E-state index is 13.1. The molecule has 0 saturated carbocycles. The Morgan fingerprint density at radius 1 is 1.05 bits per heavy atom. The molecule has 1 aliphatic rings. The van der Waals surface area contributed by atoms with Gasteiger partial charge in [0.1, 0.15) is 17.0 Å². The number of piperidine rings is 1. The maximum Gasteiger partial charge on any atom is 0.413 e. The van der Waals surface area contributed by atoms with E-state index in [4.69, 9.17) is 14.5 Å². The molecule has 3 aromatic heterocycles. The number of ether oxygens (including phenoxy) is 2. The van der Waals surface area contributed by atoms with E-state index in [0.717, 1.165) is 36.1 Å². The number of nitrogens with one attached hydrogen (secondary N) is 1. The van der Waals surface area contributed by atoms with Crippen molar-refractivity contribution in [3.8, 4) is 11.1 Å². The third-order valence-electron chi connectivity index (χ3n) is 6.36. The molecule has 1 fully saturated rings. The Morgan fingerprint density at radius 3 is 2.37 bits per heavy atom. The first kappa shape index (κ1) is 27.4. The lowest BCUT2D eigenvalue weighted by Crippen LogP contribution is -2.48. The average molecular weight is 526 g/mol. The summed E-state index contributed by atoms with van der Waals surface area (Å²) in [5.74, 6) is 0.391. The summed E-state index contributed by atoms with van der Waals surface area (Å²) < 4.78 is 14.5. The predicted molar refractivity (Wildman–Crippen MR) is 144 cm³/mol. The second-order valence-corrected chi connectivity index (χ2v) is 11.9. The van der Waals surface area contributed by atoms with Crippen LogP contribution in [0.3, 0.4) is 0 Å². The highest BCUT2D eigenvalue weighted by Gasteiger charge is 2.35. The first-order valence-electron chi connectivity index (χ1n) is 13.1. The van der Waals surface area contributed by atoms with Crippen LogP contribution in [0.2, 0.25) is 0 Å². The normalized spacial score (nSPS) is 18.5. The predicted octanol–water partition coefficient (Wildman–Crippen LogP) is 5.37. The van der Waals surface area contributed by atoms with E-state index in [1.807, 2.05) is 65.8 Å². The summed E-state index contributed by atoms with van der Waals surface area (Å²) in [6.45, 7) is 13.6. The van der Waals surface area contributed by atoms with Gasteiger partial charge < -0.3 is 14.4 Å². The second kappa shape index (κ2) is 10.3. The van der Waals surface area contributed by atoms with Gasteiger partial charge in [0, 0.05) is 48.9 Å². The minimum Gasteiger partial charge on any atom is -0.444 e. The molecule has 38 heavy (non-hydrogen) atoms. The van der Waals surface area contributed by atoms with Crippen molar-refractivity contribution in [1.29, 1.82) is 0 Å². The molecule has 11 heteroatoms. The fourth-order valence-corrected chi connectivity index (χ4v) is 4.69. The van der Waals surface area contributed by atoms with Crippen molar-refractivity contribution < 1.29 is 19.1 Å². The lowest BCUT2D eigenvalue weighted by molar-refractivity contribution is 0.00677. The van der Waals surface area contributed by atoms with Crippen LogP contribution in [0.15, 0.2) is 24.7 Å². The zero-order valence-electron chi connectivity index (χ0n) is 23.6. The van der Waals surface area contributed by atoms with E-state index in [9.17, 15) is 9.59 Å². The third kappa shape index (κ3) is 6.25. The van der Waals surface area contributed by atoms with Crippen LogP contribution in [0.4, 0.5) is 15.4 Å². The number of anilines is 1. The first-order valence-corrected chi connectivity index (χ1v) is 13.1. The Balaban J connectivity index is 1.74. The van der Waals surface area contributed by atoms with Crippen LogP contribution in [0.5, 0.6) is 0 Å². The highest BCUT2D eigenvalue weighted by Crippen LogP contribution is 2.34. The SMILES string of the molecule is CC[C@@H]1CC[C@H](c2cc(NC(=O)OC(C)(C)C)n3ncc(-c4cnn(C)c4)c3n2)CN1C(=O)OC(C)(C)C. The monoisotopic (exact) mass is 525 g/mol. The average Bonchev–Trinajstić information content (AvgIpc) is 3.42. The van der Waals surface area contributed by atoms with Crippen LogP contribution in [-0.4, -0.2) is 65.3 Å². The number of likely N-dealkylation sites (tertiary alicyclic amines) is 1. The van der Waals surface area contributed by atoms with Crippen LogP contribution < -0.4 is 5.32 Å². The number of hydrogen-bond acceptors (Lipinski definition) is 7. The van der Waals surface area contributed by atoms with E-state index in [2.05, 4.69) is 22.4 Å². The molecular weight excluding hydrogens is 486 g/mol. The minimum atomic E-state index is -0.656. The maximum absolute atomic E-state index is 13.1. The zero-order chi connectivity index (χ0) is 27.8. The van der Waals surface area contributed by atoms with Gasteiger partial charge in [-0.1, -0.05) is 6.92 Å². The molecule has 0 aliphatic carbocycles. The number of nitrogens with zero attached hydrogens (tertiary/aromatic N) is 6. The molecule has 1 N–H and O–H groups in total. The van der Waals surface area contributed by atoms with Crippen LogP contribution in [0.1, 0.15) is 79.3 Å². The number of amides is 2. The van der Waals surface area contributed by atoms with E-state index in [1.165, 1.54) is 0 Å². The second-order valence-electron chi connectivity index (χ2n) is 11.9. The topological polar surface area (TPSA) is 116 Å². The van der Waals surface area contributed by atoms with Crippen molar-refractivity contribution in [1.82, 2.24) is 29.3 Å². The fourth-order valence-electron chi connectivity index (χ4n) is 4.69. The molecule has 0 unspecified atom stereocenters. The summed E-state index contributed by atoms with van der Waals surface area (Å²) in [5, 5.41) is 11.6. The molecule has 3 aromatic rings. The number of carbonyl (C=O) groups is 2. The highest BCUT2D eigenvalue weighted by molar-refractivity contribution is 5.85. The summed E-state index contributed by atoms with van der Waals surface area (Å²) in [4.78, 5) is 32.6. The Labute approximate surface area is 223 Å².